The van der Waals surface area contributed by atoms with Gasteiger partial charge in [-0.2, -0.15) is 0 Å². The lowest BCUT2D eigenvalue weighted by Crippen LogP contribution is -2.45. The first-order valence-corrected chi connectivity index (χ1v) is 11.4. The van der Waals surface area contributed by atoms with Crippen LogP contribution in [0.15, 0.2) is 0 Å². The lowest BCUT2D eigenvalue weighted by molar-refractivity contribution is 0.0858. The second kappa shape index (κ2) is 13.2. The standard InChI is InChI=1S/C23H47N/c1-6-9-11-13-16-22(17-14-12-10-7-2)24-21(5)18-19-23(24)20(4)15-8-3/h20-23H,6-19H2,1-5H3/t20?,21-,23+/m1/s1. The summed E-state index contributed by atoms with van der Waals surface area (Å²) in [5, 5.41) is 0. The third-order valence-corrected chi connectivity index (χ3v) is 6.38. The molecule has 1 fully saturated rings. The predicted molar refractivity (Wildman–Crippen MR) is 110 cm³/mol. The van der Waals surface area contributed by atoms with Gasteiger partial charge >= 0.3 is 0 Å². The quantitative estimate of drug-likeness (QED) is 0.295. The minimum Gasteiger partial charge on any atom is -0.295 e. The van der Waals surface area contributed by atoms with E-state index in [0.29, 0.717) is 0 Å². The first-order chi connectivity index (χ1) is 11.7. The Morgan fingerprint density at radius 1 is 0.750 bits per heavy atom. The maximum Gasteiger partial charge on any atom is 0.0127 e. The van der Waals surface area contributed by atoms with Gasteiger partial charge in [-0.3, -0.25) is 4.90 Å². The van der Waals surface area contributed by atoms with Crippen LogP contribution in [0.2, 0.25) is 0 Å². The minimum absolute atomic E-state index is 0.816. The van der Waals surface area contributed by atoms with E-state index in [1.54, 1.807) is 0 Å². The zero-order chi connectivity index (χ0) is 17.8. The topological polar surface area (TPSA) is 3.24 Å². The number of unbranched alkanes of at least 4 members (excludes halogenated alkanes) is 6. The van der Waals surface area contributed by atoms with E-state index >= 15 is 0 Å². The van der Waals surface area contributed by atoms with Crippen LogP contribution in [0.25, 0.3) is 0 Å². The fourth-order valence-electron chi connectivity index (χ4n) is 4.95. The summed E-state index contributed by atoms with van der Waals surface area (Å²) < 4.78 is 0. The summed E-state index contributed by atoms with van der Waals surface area (Å²) in [4.78, 5) is 3.00. The molecule has 0 radical (unpaired) electrons. The van der Waals surface area contributed by atoms with Crippen LogP contribution in [-0.2, 0) is 0 Å². The van der Waals surface area contributed by atoms with E-state index in [1.807, 2.05) is 0 Å². The van der Waals surface area contributed by atoms with Crippen LogP contribution in [0.1, 0.15) is 125 Å². The third-order valence-electron chi connectivity index (χ3n) is 6.38. The van der Waals surface area contributed by atoms with Crippen molar-refractivity contribution in [1.82, 2.24) is 4.90 Å². The van der Waals surface area contributed by atoms with E-state index < -0.39 is 0 Å². The summed E-state index contributed by atoms with van der Waals surface area (Å²) in [5.41, 5.74) is 0. The zero-order valence-corrected chi connectivity index (χ0v) is 17.7. The fraction of sp³-hybridized carbons (Fsp3) is 1.00. The molecule has 1 aliphatic heterocycles. The van der Waals surface area contributed by atoms with Crippen LogP contribution in [0.5, 0.6) is 0 Å². The van der Waals surface area contributed by atoms with Gasteiger partial charge in [0.25, 0.3) is 0 Å². The van der Waals surface area contributed by atoms with E-state index in [4.69, 9.17) is 0 Å². The summed E-state index contributed by atoms with van der Waals surface area (Å²) >= 11 is 0. The molecule has 0 bridgehead atoms. The molecule has 0 spiro atoms. The largest absolute Gasteiger partial charge is 0.295 e. The van der Waals surface area contributed by atoms with Gasteiger partial charge in [-0.15, -0.1) is 0 Å². The molecule has 1 heteroatoms. The Hall–Kier alpha value is -0.0400. The highest BCUT2D eigenvalue weighted by molar-refractivity contribution is 4.92. The minimum atomic E-state index is 0.816. The molecule has 1 saturated heterocycles. The molecule has 1 nitrogen and oxygen atoms in total. The van der Waals surface area contributed by atoms with Crippen molar-refractivity contribution in [2.75, 3.05) is 0 Å². The second-order valence-corrected chi connectivity index (χ2v) is 8.56. The van der Waals surface area contributed by atoms with Gasteiger partial charge in [0.05, 0.1) is 0 Å². The molecule has 144 valence electrons. The maximum absolute atomic E-state index is 3.00. The van der Waals surface area contributed by atoms with Gasteiger partial charge in [0, 0.05) is 18.1 Å². The van der Waals surface area contributed by atoms with Gasteiger partial charge in [0.1, 0.15) is 0 Å². The van der Waals surface area contributed by atoms with Crippen LogP contribution >= 0.6 is 0 Å². The Kier molecular flexibility index (Phi) is 12.1. The SMILES string of the molecule is CCCCCCC(CCCCCC)N1[C@H](C)CC[C@H]1C(C)CCC. The van der Waals surface area contributed by atoms with E-state index in [1.165, 1.54) is 89.9 Å². The molecule has 0 N–H and O–H groups in total. The first kappa shape index (κ1) is 22.0. The molecule has 1 rings (SSSR count). The number of likely N-dealkylation sites (tertiary alicyclic amines) is 1. The lowest BCUT2D eigenvalue weighted by atomic mass is 9.92. The summed E-state index contributed by atoms with van der Waals surface area (Å²) in [6.07, 6.45) is 19.9. The molecular formula is C23H47N. The Morgan fingerprint density at radius 2 is 1.33 bits per heavy atom. The number of nitrogens with zero attached hydrogens (tertiary/aromatic N) is 1. The Morgan fingerprint density at radius 3 is 1.83 bits per heavy atom. The van der Waals surface area contributed by atoms with Crippen molar-refractivity contribution >= 4 is 0 Å². The van der Waals surface area contributed by atoms with E-state index in [0.717, 1.165) is 24.0 Å². The van der Waals surface area contributed by atoms with Crippen molar-refractivity contribution in [2.45, 2.75) is 143 Å². The first-order valence-electron chi connectivity index (χ1n) is 11.4. The van der Waals surface area contributed by atoms with Crippen LogP contribution in [0, 0.1) is 5.92 Å². The van der Waals surface area contributed by atoms with Crippen molar-refractivity contribution in [2.24, 2.45) is 5.92 Å². The van der Waals surface area contributed by atoms with Crippen LogP contribution in [-0.4, -0.2) is 23.0 Å². The summed E-state index contributed by atoms with van der Waals surface area (Å²) in [5.74, 6) is 0.883. The molecule has 0 aliphatic carbocycles. The van der Waals surface area contributed by atoms with Gasteiger partial charge in [0.2, 0.25) is 0 Å². The van der Waals surface area contributed by atoms with Crippen LogP contribution in [0.3, 0.4) is 0 Å². The van der Waals surface area contributed by atoms with E-state index in [-0.39, 0.29) is 0 Å². The molecule has 1 aliphatic rings. The average molecular weight is 338 g/mol. The molecule has 0 aromatic heterocycles. The molecule has 0 aromatic carbocycles. The zero-order valence-electron chi connectivity index (χ0n) is 17.7. The second-order valence-electron chi connectivity index (χ2n) is 8.56. The highest BCUT2D eigenvalue weighted by atomic mass is 15.2. The normalized spacial score (nSPS) is 23.2. The third kappa shape index (κ3) is 7.46. The van der Waals surface area contributed by atoms with Gasteiger partial charge in [-0.1, -0.05) is 85.5 Å². The molecule has 1 heterocycles. The molecule has 3 atom stereocenters. The van der Waals surface area contributed by atoms with E-state index in [2.05, 4.69) is 39.5 Å². The molecular weight excluding hydrogens is 290 g/mol. The Labute approximate surface area is 154 Å². The van der Waals surface area contributed by atoms with Gasteiger partial charge in [-0.05, 0) is 44.9 Å². The predicted octanol–water partition coefficient (Wildman–Crippen LogP) is 7.58. The Bertz CT molecular complexity index is 276. The average Bonchev–Trinajstić information content (AvgIpc) is 2.95. The smallest absolute Gasteiger partial charge is 0.0127 e. The molecule has 1 unspecified atom stereocenters. The molecule has 0 amide bonds. The van der Waals surface area contributed by atoms with Crippen LogP contribution in [0.4, 0.5) is 0 Å². The highest BCUT2D eigenvalue weighted by Gasteiger charge is 2.37. The van der Waals surface area contributed by atoms with Crippen molar-refractivity contribution in [3.05, 3.63) is 0 Å². The number of hydrogen-bond acceptors (Lipinski definition) is 1. The molecule has 24 heavy (non-hydrogen) atoms. The maximum atomic E-state index is 3.00. The van der Waals surface area contributed by atoms with Crippen molar-refractivity contribution in [1.29, 1.82) is 0 Å². The van der Waals surface area contributed by atoms with Crippen molar-refractivity contribution in [3.63, 3.8) is 0 Å². The molecule has 0 saturated carbocycles. The van der Waals surface area contributed by atoms with Gasteiger partial charge in [0.15, 0.2) is 0 Å². The monoisotopic (exact) mass is 337 g/mol. The van der Waals surface area contributed by atoms with Gasteiger partial charge < -0.3 is 0 Å². The van der Waals surface area contributed by atoms with E-state index in [9.17, 15) is 0 Å². The van der Waals surface area contributed by atoms with Crippen molar-refractivity contribution in [3.8, 4) is 0 Å². The summed E-state index contributed by atoms with van der Waals surface area (Å²) in [6.45, 7) is 12.0. The molecule has 0 aromatic rings. The lowest BCUT2D eigenvalue weighted by Gasteiger charge is -2.39. The summed E-state index contributed by atoms with van der Waals surface area (Å²) in [6, 6.07) is 2.54. The summed E-state index contributed by atoms with van der Waals surface area (Å²) in [7, 11) is 0. The number of hydrogen-bond donors (Lipinski definition) is 0. The van der Waals surface area contributed by atoms with Crippen molar-refractivity contribution < 1.29 is 0 Å². The Balaban J connectivity index is 2.64. The van der Waals surface area contributed by atoms with Gasteiger partial charge in [-0.25, -0.2) is 0 Å². The number of rotatable bonds is 14. The highest BCUT2D eigenvalue weighted by Crippen LogP contribution is 2.35. The van der Waals surface area contributed by atoms with Crippen LogP contribution < -0.4 is 0 Å². The fourth-order valence-corrected chi connectivity index (χ4v) is 4.95.